The monoisotopic (exact) mass is 482 g/mol. The number of nitrogens with zero attached hydrogens (tertiary/aromatic N) is 2. The zero-order valence-electron chi connectivity index (χ0n) is 18.0. The number of primary sulfonamides is 1. The van der Waals surface area contributed by atoms with Crippen LogP contribution in [-0.4, -0.2) is 37.0 Å². The largest absolute Gasteiger partial charge is 0.409 e. The predicted octanol–water partition coefficient (Wildman–Crippen LogP) is 4.13. The number of thioether (sulfide) groups is 1. The Balaban J connectivity index is 1.75. The van der Waals surface area contributed by atoms with Gasteiger partial charge in [0.05, 0.1) is 4.90 Å². The number of hydrogen-bond donors (Lipinski definition) is 3. The van der Waals surface area contributed by atoms with Gasteiger partial charge in [0.15, 0.2) is 5.84 Å². The van der Waals surface area contributed by atoms with E-state index >= 15 is 0 Å². The Kier molecular flexibility index (Phi) is 6.92. The molecule has 1 aliphatic rings. The van der Waals surface area contributed by atoms with Crippen molar-refractivity contribution in [1.82, 2.24) is 0 Å². The van der Waals surface area contributed by atoms with Crippen LogP contribution >= 0.6 is 11.8 Å². The van der Waals surface area contributed by atoms with Gasteiger partial charge in [-0.05, 0) is 60.2 Å². The first kappa shape index (κ1) is 23.2. The van der Waals surface area contributed by atoms with Crippen LogP contribution in [0.25, 0.3) is 11.1 Å². The van der Waals surface area contributed by atoms with Gasteiger partial charge in [0, 0.05) is 28.5 Å². The maximum Gasteiger partial charge on any atom is 0.238 e. The summed E-state index contributed by atoms with van der Waals surface area (Å²) in [5.74, 6) is 2.23. The zero-order valence-corrected chi connectivity index (χ0v) is 19.6. The van der Waals surface area contributed by atoms with Crippen LogP contribution in [0.15, 0.2) is 82.8 Å². The Morgan fingerprint density at radius 1 is 0.970 bits per heavy atom. The quantitative estimate of drug-likeness (QED) is 0.210. The fourth-order valence-corrected chi connectivity index (χ4v) is 5.98. The molecule has 1 saturated heterocycles. The fraction of sp³-hybridized carbons (Fsp3) is 0.208. The van der Waals surface area contributed by atoms with Crippen molar-refractivity contribution >= 4 is 39.0 Å². The van der Waals surface area contributed by atoms with Gasteiger partial charge in [0.1, 0.15) is 0 Å². The van der Waals surface area contributed by atoms with Gasteiger partial charge in [0.25, 0.3) is 0 Å². The smallest absolute Gasteiger partial charge is 0.238 e. The molecule has 1 aliphatic heterocycles. The molecule has 0 aliphatic carbocycles. The molecular formula is C24H26N4O3S2. The number of benzene rings is 3. The van der Waals surface area contributed by atoms with Gasteiger partial charge in [-0.25, -0.2) is 13.6 Å². The van der Waals surface area contributed by atoms with Crippen molar-refractivity contribution in [2.45, 2.75) is 23.8 Å². The summed E-state index contributed by atoms with van der Waals surface area (Å²) in [7, 11) is -3.84. The molecule has 0 aromatic heterocycles. The summed E-state index contributed by atoms with van der Waals surface area (Å²) in [6.07, 6.45) is 2.07. The minimum absolute atomic E-state index is 0.0611. The molecule has 0 bridgehead atoms. The van der Waals surface area contributed by atoms with E-state index in [0.717, 1.165) is 41.3 Å². The lowest BCUT2D eigenvalue weighted by Gasteiger charge is -2.36. The molecule has 0 atom stereocenters. The molecule has 172 valence electrons. The second-order valence-electron chi connectivity index (χ2n) is 7.84. The lowest BCUT2D eigenvalue weighted by molar-refractivity contribution is 0.318. The summed E-state index contributed by atoms with van der Waals surface area (Å²) in [6, 6.07) is 22.5. The molecule has 5 N–H and O–H groups in total. The Morgan fingerprint density at radius 3 is 2.33 bits per heavy atom. The molecule has 0 radical (unpaired) electrons. The Morgan fingerprint density at radius 2 is 1.67 bits per heavy atom. The van der Waals surface area contributed by atoms with E-state index in [1.165, 1.54) is 6.07 Å². The molecule has 0 saturated carbocycles. The van der Waals surface area contributed by atoms with Crippen LogP contribution in [0.4, 0.5) is 11.4 Å². The standard InChI is InChI=1S/C24H26N4O3S2/c25-24(27-29)18-4-3-5-21(16-18)28(20-12-14-32-15-13-20)19-10-8-17(9-11-19)22-6-1-2-7-23(22)33(26,30)31/h1-11,16,20,29H,12-15H2,(H2,25,27)(H2,26,30,31). The average Bonchev–Trinajstić information content (AvgIpc) is 2.84. The summed E-state index contributed by atoms with van der Waals surface area (Å²) >= 11 is 1.95. The van der Waals surface area contributed by atoms with Gasteiger partial charge in [-0.2, -0.15) is 11.8 Å². The Bertz CT molecular complexity index is 1250. The summed E-state index contributed by atoms with van der Waals surface area (Å²) in [5, 5.41) is 17.6. The van der Waals surface area contributed by atoms with Crippen molar-refractivity contribution in [2.24, 2.45) is 16.0 Å². The van der Waals surface area contributed by atoms with E-state index in [1.54, 1.807) is 24.3 Å². The van der Waals surface area contributed by atoms with E-state index in [4.69, 9.17) is 16.1 Å². The Labute approximate surface area is 198 Å². The van der Waals surface area contributed by atoms with Gasteiger partial charge < -0.3 is 15.8 Å². The summed E-state index contributed by atoms with van der Waals surface area (Å²) in [6.45, 7) is 0. The number of anilines is 2. The molecule has 0 unspecified atom stereocenters. The van der Waals surface area contributed by atoms with E-state index in [9.17, 15) is 8.42 Å². The second-order valence-corrected chi connectivity index (χ2v) is 10.6. The number of hydrogen-bond acceptors (Lipinski definition) is 6. The molecule has 0 amide bonds. The number of sulfonamides is 1. The van der Waals surface area contributed by atoms with E-state index in [0.29, 0.717) is 17.2 Å². The highest BCUT2D eigenvalue weighted by Gasteiger charge is 2.24. The van der Waals surface area contributed by atoms with Crippen LogP contribution in [-0.2, 0) is 10.0 Å². The van der Waals surface area contributed by atoms with E-state index < -0.39 is 10.0 Å². The van der Waals surface area contributed by atoms with Crippen LogP contribution in [0.2, 0.25) is 0 Å². The fourth-order valence-electron chi connectivity index (χ4n) is 4.14. The van der Waals surface area contributed by atoms with Crippen LogP contribution in [0.5, 0.6) is 0 Å². The number of nitrogens with two attached hydrogens (primary N) is 2. The highest BCUT2D eigenvalue weighted by molar-refractivity contribution is 7.99. The molecule has 33 heavy (non-hydrogen) atoms. The average molecular weight is 483 g/mol. The summed E-state index contributed by atoms with van der Waals surface area (Å²) in [4.78, 5) is 2.38. The third kappa shape index (κ3) is 5.16. The van der Waals surface area contributed by atoms with Crippen molar-refractivity contribution in [2.75, 3.05) is 16.4 Å². The van der Waals surface area contributed by atoms with Gasteiger partial charge in [-0.15, -0.1) is 0 Å². The first-order valence-electron chi connectivity index (χ1n) is 10.6. The number of rotatable bonds is 6. The SMILES string of the molecule is N/C(=N\O)c1cccc(N(c2ccc(-c3ccccc3S(N)(=O)=O)cc2)C2CCSCC2)c1. The maximum absolute atomic E-state index is 12.0. The molecule has 1 fully saturated rings. The number of amidine groups is 1. The second kappa shape index (κ2) is 9.86. The topological polar surface area (TPSA) is 122 Å². The van der Waals surface area contributed by atoms with Crippen LogP contribution in [0, 0.1) is 0 Å². The molecule has 3 aromatic carbocycles. The van der Waals surface area contributed by atoms with E-state index in [2.05, 4.69) is 10.1 Å². The van der Waals surface area contributed by atoms with Crippen molar-refractivity contribution in [3.05, 3.63) is 78.4 Å². The minimum Gasteiger partial charge on any atom is -0.409 e. The summed E-state index contributed by atoms with van der Waals surface area (Å²) in [5.41, 5.74) is 9.76. The van der Waals surface area contributed by atoms with Gasteiger partial charge in [-0.1, -0.05) is 47.6 Å². The molecule has 7 nitrogen and oxygen atoms in total. The van der Waals surface area contributed by atoms with Crippen molar-refractivity contribution in [3.63, 3.8) is 0 Å². The van der Waals surface area contributed by atoms with E-state index in [-0.39, 0.29) is 10.7 Å². The molecule has 4 rings (SSSR count). The maximum atomic E-state index is 12.0. The lowest BCUT2D eigenvalue weighted by Crippen LogP contribution is -2.34. The zero-order chi connectivity index (χ0) is 23.4. The van der Waals surface area contributed by atoms with Crippen molar-refractivity contribution in [3.8, 4) is 11.1 Å². The summed E-state index contributed by atoms with van der Waals surface area (Å²) < 4.78 is 24.1. The molecule has 0 spiro atoms. The first-order valence-corrected chi connectivity index (χ1v) is 13.3. The predicted molar refractivity (Wildman–Crippen MR) is 135 cm³/mol. The third-order valence-electron chi connectivity index (χ3n) is 5.73. The van der Waals surface area contributed by atoms with Crippen LogP contribution in [0.3, 0.4) is 0 Å². The molecule has 9 heteroatoms. The Hall–Kier alpha value is -3.01. The highest BCUT2D eigenvalue weighted by Crippen LogP contribution is 2.36. The molecule has 3 aromatic rings. The van der Waals surface area contributed by atoms with Crippen molar-refractivity contribution in [1.29, 1.82) is 0 Å². The lowest BCUT2D eigenvalue weighted by atomic mass is 10.0. The minimum atomic E-state index is -3.84. The molecular weight excluding hydrogens is 456 g/mol. The first-order chi connectivity index (χ1) is 15.9. The number of oxime groups is 1. The van der Waals surface area contributed by atoms with Crippen LogP contribution in [0.1, 0.15) is 18.4 Å². The van der Waals surface area contributed by atoms with Crippen molar-refractivity contribution < 1.29 is 13.6 Å². The van der Waals surface area contributed by atoms with E-state index in [1.807, 2.05) is 54.2 Å². The highest BCUT2D eigenvalue weighted by atomic mass is 32.2. The van der Waals surface area contributed by atoms with Gasteiger partial charge in [-0.3, -0.25) is 0 Å². The molecule has 1 heterocycles. The van der Waals surface area contributed by atoms with Crippen LogP contribution < -0.4 is 15.8 Å². The normalized spacial score (nSPS) is 15.4. The van der Waals surface area contributed by atoms with Gasteiger partial charge >= 0.3 is 0 Å². The van der Waals surface area contributed by atoms with Gasteiger partial charge in [0.2, 0.25) is 10.0 Å². The third-order valence-corrected chi connectivity index (χ3v) is 7.75.